The molecule has 7 fully saturated rings. The first-order chi connectivity index (χ1) is 38.4. The molecule has 2 saturated heterocycles. The number of nitrogens with one attached hydrogen (secondary N) is 3. The van der Waals surface area contributed by atoms with Crippen molar-refractivity contribution in [2.24, 2.45) is 56.2 Å². The van der Waals surface area contributed by atoms with Crippen molar-refractivity contribution in [3.63, 3.8) is 0 Å². The smallest absolute Gasteiger partial charge is 0.160 e. The SMILES string of the molecule is CNCCC1(C)C(=O)C2c3cc[nH]c3C3CCC2(C3)C2(C)C1CCC13CC#CCC4Cc5c[nH]c6c(Cc7cc(C8CCCCC8)cc(C8CCOCC8)c7)cn(c56)CC(C5=C(C(=O)CC51C)C4(C)CC(O)C1OC1(C)C)C(O)C32. The summed E-state index contributed by atoms with van der Waals surface area (Å²) in [6.07, 6.45) is 22.2. The lowest BCUT2D eigenvalue weighted by Crippen LogP contribution is -2.74. The molecule has 80 heavy (non-hydrogen) atoms. The average molecular weight is 1080 g/mol. The number of carbonyl (C=O) groups is 2. The number of aromatic nitrogens is 3. The molecule has 7 bridgehead atoms. The summed E-state index contributed by atoms with van der Waals surface area (Å²) in [5.41, 5.74) is 9.86. The maximum atomic E-state index is 16.2. The van der Waals surface area contributed by atoms with Gasteiger partial charge in [-0.2, -0.15) is 0 Å². The Morgan fingerprint density at radius 1 is 0.887 bits per heavy atom. The van der Waals surface area contributed by atoms with Crippen LogP contribution in [-0.2, 0) is 38.4 Å². The van der Waals surface area contributed by atoms with Crippen LogP contribution in [0, 0.1) is 68.0 Å². The van der Waals surface area contributed by atoms with Crippen molar-refractivity contribution in [1.82, 2.24) is 19.9 Å². The minimum absolute atomic E-state index is 0.0356. The Kier molecular flexibility index (Phi) is 11.9. The van der Waals surface area contributed by atoms with Gasteiger partial charge in [0.1, 0.15) is 11.9 Å². The van der Waals surface area contributed by atoms with Gasteiger partial charge in [0.2, 0.25) is 0 Å². The molecular formula is C70H90N4O6. The van der Waals surface area contributed by atoms with Crippen molar-refractivity contribution in [3.8, 4) is 11.8 Å². The molecule has 5 saturated carbocycles. The van der Waals surface area contributed by atoms with E-state index in [1.807, 2.05) is 7.05 Å². The lowest BCUT2D eigenvalue weighted by molar-refractivity contribution is -0.270. The van der Waals surface area contributed by atoms with Gasteiger partial charge in [0.15, 0.2) is 5.78 Å². The lowest BCUT2D eigenvalue weighted by Gasteiger charge is -2.76. The van der Waals surface area contributed by atoms with Crippen molar-refractivity contribution >= 4 is 22.6 Å². The number of hydrogen-bond donors (Lipinski definition) is 5. The van der Waals surface area contributed by atoms with Gasteiger partial charge in [-0.15, -0.1) is 11.8 Å². The highest BCUT2D eigenvalue weighted by Crippen LogP contribution is 2.84. The molecule has 10 nitrogen and oxygen atoms in total. The molecule has 2 spiro atoms. The van der Waals surface area contributed by atoms with Crippen LogP contribution >= 0.6 is 0 Å². The van der Waals surface area contributed by atoms with E-state index >= 15 is 9.59 Å². The molecule has 426 valence electrons. The largest absolute Gasteiger partial charge is 0.392 e. The number of nitrogens with zero attached hydrogens (tertiary/aromatic N) is 1. The van der Waals surface area contributed by atoms with Crippen LogP contribution < -0.4 is 5.32 Å². The summed E-state index contributed by atoms with van der Waals surface area (Å²) >= 11 is 0. The van der Waals surface area contributed by atoms with E-state index < -0.39 is 50.8 Å². The summed E-state index contributed by atoms with van der Waals surface area (Å²) < 4.78 is 14.7. The van der Waals surface area contributed by atoms with E-state index in [1.165, 1.54) is 82.2 Å². The van der Waals surface area contributed by atoms with E-state index in [1.54, 1.807) is 0 Å². The molecule has 1 aromatic carbocycles. The Morgan fingerprint density at radius 2 is 1.64 bits per heavy atom. The molecule has 4 aromatic rings. The normalized spacial score (nSPS) is 41.0. The van der Waals surface area contributed by atoms with Gasteiger partial charge in [-0.05, 0) is 201 Å². The standard InChI is InChI=1S/C70H90N4O6/c1-64(2)63(80-64)52(76)35-66(4)48-15-11-12-21-69-23-17-53-65(3,24-26-71-7)62(78)55-49-18-25-72-57(49)43-16-22-70(55,34-43)68(53,6)61(69)60(77)50(54-56(66)51(75)36-67(54,69)5)39-74-38-47(58-59(74)46(33-48)37-73-58)31-40-29-44(41-13-9-8-10-14-41)32-45(30-40)42-19-27-79-28-20-42/h18,25,29-30,32,37-38,41-43,48,50,52-53,55,60-61,63,71-73,76-77H,8-10,13-17,19-24,26-28,31,33-36,39H2,1-7H3. The van der Waals surface area contributed by atoms with E-state index in [0.29, 0.717) is 62.2 Å². The number of aliphatic hydroxyl groups excluding tert-OH is 2. The fourth-order valence-electron chi connectivity index (χ4n) is 22.5. The summed E-state index contributed by atoms with van der Waals surface area (Å²) in [4.78, 5) is 39.9. The number of ether oxygens (including phenoxy) is 2. The summed E-state index contributed by atoms with van der Waals surface area (Å²) in [5, 5.41) is 30.9. The highest BCUT2D eigenvalue weighted by molar-refractivity contribution is 6.02. The fraction of sp³-hybridized carbons (Fsp3) is 0.686. The van der Waals surface area contributed by atoms with Crippen LogP contribution in [0.2, 0.25) is 0 Å². The first-order valence-electron chi connectivity index (χ1n) is 31.9. The van der Waals surface area contributed by atoms with Crippen molar-refractivity contribution in [1.29, 1.82) is 0 Å². The molecule has 0 radical (unpaired) electrons. The number of allylic oxidation sites excluding steroid dienone is 1. The van der Waals surface area contributed by atoms with Crippen LogP contribution in [0.3, 0.4) is 0 Å². The summed E-state index contributed by atoms with van der Waals surface area (Å²) in [6, 6.07) is 9.87. The van der Waals surface area contributed by atoms with Gasteiger partial charge in [-0.1, -0.05) is 65.2 Å². The minimum atomic E-state index is -0.827. The van der Waals surface area contributed by atoms with Gasteiger partial charge in [0, 0.05) is 97.5 Å². The van der Waals surface area contributed by atoms with E-state index in [-0.39, 0.29) is 41.0 Å². The topological polar surface area (TPSA) is 145 Å². The highest BCUT2D eigenvalue weighted by Gasteiger charge is 2.81. The Balaban J connectivity index is 0.942. The molecule has 11 aliphatic rings. The van der Waals surface area contributed by atoms with Gasteiger partial charge in [-0.25, -0.2) is 0 Å². The van der Waals surface area contributed by atoms with E-state index in [2.05, 4.69) is 116 Å². The number of benzene rings is 1. The number of hydrogen-bond acceptors (Lipinski definition) is 7. The first-order valence-corrected chi connectivity index (χ1v) is 31.9. The molecule has 0 amide bonds. The number of fused-ring (bicyclic) bond motifs is 7. The van der Waals surface area contributed by atoms with Crippen LogP contribution in [0.1, 0.15) is 213 Å². The van der Waals surface area contributed by atoms with Crippen LogP contribution in [0.25, 0.3) is 11.0 Å². The van der Waals surface area contributed by atoms with Crippen molar-refractivity contribution in [2.45, 2.75) is 218 Å². The van der Waals surface area contributed by atoms with E-state index in [4.69, 9.17) is 9.47 Å². The number of ketones is 2. The zero-order valence-electron chi connectivity index (χ0n) is 49.1. The van der Waals surface area contributed by atoms with Crippen LogP contribution in [0.15, 0.2) is 54.0 Å². The molecule has 3 aromatic heterocycles. The predicted octanol–water partition coefficient (Wildman–Crippen LogP) is 12.3. The maximum absolute atomic E-state index is 16.2. The van der Waals surface area contributed by atoms with Crippen LogP contribution in [0.5, 0.6) is 0 Å². The highest BCUT2D eigenvalue weighted by atomic mass is 16.6. The number of carbonyl (C=O) groups excluding carboxylic acids is 2. The third-order valence-electron chi connectivity index (χ3n) is 26.2. The Hall–Kier alpha value is -4.24. The number of rotatable bonds is 10. The Bertz CT molecular complexity index is 3260. The molecule has 6 heterocycles. The molecule has 15 atom stereocenters. The Morgan fingerprint density at radius 3 is 2.39 bits per heavy atom. The second kappa shape index (κ2) is 18.1. The molecule has 3 aliphatic heterocycles. The third-order valence-corrected chi connectivity index (χ3v) is 26.2. The number of aliphatic hydroxyl groups is 2. The number of Topliss-reactive ketones (excluding diaryl/α,β-unsaturated/α-hetero) is 2. The fourth-order valence-corrected chi connectivity index (χ4v) is 22.5. The lowest BCUT2D eigenvalue weighted by atomic mass is 9.27. The minimum Gasteiger partial charge on any atom is -0.392 e. The van der Waals surface area contributed by atoms with Crippen LogP contribution in [0.4, 0.5) is 0 Å². The number of H-pyrrole nitrogens is 2. The van der Waals surface area contributed by atoms with Gasteiger partial charge in [0.05, 0.1) is 34.8 Å². The molecule has 8 aliphatic carbocycles. The molecule has 15 rings (SSSR count). The van der Waals surface area contributed by atoms with Gasteiger partial charge in [-0.3, -0.25) is 9.59 Å². The molecule has 5 N–H and O–H groups in total. The zero-order chi connectivity index (χ0) is 55.1. The van der Waals surface area contributed by atoms with Crippen LogP contribution in [-0.4, -0.2) is 87.0 Å². The average Bonchev–Trinajstić information content (AvgIpc) is 2.30. The van der Waals surface area contributed by atoms with Crippen molar-refractivity contribution < 1.29 is 29.3 Å². The quantitative estimate of drug-likeness (QED) is 0.0785. The maximum Gasteiger partial charge on any atom is 0.160 e. The second-order valence-electron chi connectivity index (χ2n) is 30.1. The molecule has 10 heteroatoms. The molecule has 15 unspecified atom stereocenters. The Labute approximate surface area is 475 Å². The third kappa shape index (κ3) is 7.03. The predicted molar refractivity (Wildman–Crippen MR) is 311 cm³/mol. The second-order valence-corrected chi connectivity index (χ2v) is 30.1. The van der Waals surface area contributed by atoms with Crippen molar-refractivity contribution in [3.05, 3.63) is 93.1 Å². The monoisotopic (exact) mass is 1080 g/mol. The van der Waals surface area contributed by atoms with E-state index in [0.717, 1.165) is 88.7 Å². The van der Waals surface area contributed by atoms with Gasteiger partial charge < -0.3 is 39.5 Å². The summed E-state index contributed by atoms with van der Waals surface area (Å²) in [6.45, 7) is 16.7. The van der Waals surface area contributed by atoms with Gasteiger partial charge >= 0.3 is 0 Å². The first kappa shape index (κ1) is 52.6. The summed E-state index contributed by atoms with van der Waals surface area (Å²) in [5.74, 6) is 8.92. The van der Waals surface area contributed by atoms with Crippen molar-refractivity contribution in [2.75, 3.05) is 26.8 Å². The summed E-state index contributed by atoms with van der Waals surface area (Å²) in [7, 11) is 2.01. The number of aromatic amines is 2. The number of epoxide rings is 1. The van der Waals surface area contributed by atoms with E-state index in [9.17, 15) is 10.2 Å². The van der Waals surface area contributed by atoms with Gasteiger partial charge in [0.25, 0.3) is 0 Å². The zero-order valence-corrected chi connectivity index (χ0v) is 49.1. The molecular weight excluding hydrogens is 993 g/mol.